The van der Waals surface area contributed by atoms with E-state index < -0.39 is 11.5 Å². The minimum Gasteiger partial charge on any atom is -0.392 e. The molecule has 1 atom stereocenters. The summed E-state index contributed by atoms with van der Waals surface area (Å²) in [6, 6.07) is -0.660. The van der Waals surface area contributed by atoms with E-state index in [1.807, 2.05) is 6.92 Å². The smallest absolute Gasteiger partial charge is 0.251 e. The van der Waals surface area contributed by atoms with E-state index in [9.17, 15) is 14.4 Å². The lowest BCUT2D eigenvalue weighted by molar-refractivity contribution is -0.150. The number of carbonyl (C=O) groups excluding carboxylic acids is 3. The Bertz CT molecular complexity index is 485. The van der Waals surface area contributed by atoms with Crippen LogP contribution in [0, 0.1) is 11.3 Å². The number of rotatable bonds is 3. The Balaban J connectivity index is 2.06. The van der Waals surface area contributed by atoms with Gasteiger partial charge in [-0.15, -0.1) is 0 Å². The van der Waals surface area contributed by atoms with Gasteiger partial charge >= 0.3 is 0 Å². The fourth-order valence-corrected chi connectivity index (χ4v) is 3.23. The zero-order valence-electron chi connectivity index (χ0n) is 11.6. The van der Waals surface area contributed by atoms with E-state index in [0.29, 0.717) is 25.2 Å². The molecule has 0 spiro atoms. The number of carbonyl (C=O) groups is 3. The van der Waals surface area contributed by atoms with E-state index in [1.165, 1.54) is 7.05 Å². The molecule has 2 aliphatic rings. The zero-order valence-corrected chi connectivity index (χ0v) is 12.5. The largest absolute Gasteiger partial charge is 0.392 e. The quantitative estimate of drug-likeness (QED) is 0.563. The maximum atomic E-state index is 12.4. The number of likely N-dealkylation sites (tertiary alicyclic amines) is 1. The van der Waals surface area contributed by atoms with E-state index in [1.54, 1.807) is 0 Å². The number of hydrogen-bond donors (Lipinski definition) is 2. The Morgan fingerprint density at radius 3 is 2.55 bits per heavy atom. The first-order valence-corrected chi connectivity index (χ1v) is 7.10. The molecule has 20 heavy (non-hydrogen) atoms. The Morgan fingerprint density at radius 2 is 2.05 bits per heavy atom. The van der Waals surface area contributed by atoms with Crippen LogP contribution >= 0.6 is 12.2 Å². The van der Waals surface area contributed by atoms with Gasteiger partial charge in [-0.25, -0.2) is 0 Å². The zero-order chi connectivity index (χ0) is 15.1. The molecule has 1 unspecified atom stereocenters. The number of imide groups is 1. The van der Waals surface area contributed by atoms with Gasteiger partial charge in [0.15, 0.2) is 0 Å². The third kappa shape index (κ3) is 2.30. The fraction of sp³-hybridized carbons (Fsp3) is 0.692. The fourth-order valence-electron chi connectivity index (χ4n) is 2.97. The number of amides is 3. The van der Waals surface area contributed by atoms with Crippen molar-refractivity contribution in [1.29, 1.82) is 0 Å². The number of thiocarbonyl (C=S) groups is 1. The van der Waals surface area contributed by atoms with Crippen molar-refractivity contribution in [2.24, 2.45) is 17.1 Å². The van der Waals surface area contributed by atoms with Crippen molar-refractivity contribution in [2.45, 2.75) is 38.6 Å². The number of piperidine rings is 1. The minimum atomic E-state index is -0.824. The van der Waals surface area contributed by atoms with Crippen LogP contribution < -0.4 is 11.1 Å². The first-order chi connectivity index (χ1) is 9.28. The van der Waals surface area contributed by atoms with Crippen molar-refractivity contribution in [3.8, 4) is 0 Å². The second-order valence-corrected chi connectivity index (χ2v) is 6.26. The van der Waals surface area contributed by atoms with Gasteiger partial charge in [-0.1, -0.05) is 19.1 Å². The van der Waals surface area contributed by atoms with Gasteiger partial charge in [0.05, 0.1) is 10.4 Å². The average molecular weight is 297 g/mol. The van der Waals surface area contributed by atoms with E-state index in [0.717, 1.165) is 4.90 Å². The standard InChI is InChI=1S/C13H19N3O3S/c1-7-5-13(6-7,11(14)20)12(19)15-8-3-4-9(17)16(2)10(8)18/h7-8H,3-6H2,1-2H3,(H2,14,20)(H,15,19). The predicted octanol–water partition coefficient (Wildman–Crippen LogP) is -0.0476. The van der Waals surface area contributed by atoms with Crippen LogP contribution in [-0.4, -0.2) is 40.7 Å². The first-order valence-electron chi connectivity index (χ1n) is 6.69. The average Bonchev–Trinajstić information content (AvgIpc) is 2.35. The van der Waals surface area contributed by atoms with Crippen molar-refractivity contribution in [3.05, 3.63) is 0 Å². The highest BCUT2D eigenvalue weighted by Gasteiger charge is 2.51. The number of nitrogens with two attached hydrogens (primary N) is 1. The van der Waals surface area contributed by atoms with E-state index >= 15 is 0 Å². The molecule has 1 aliphatic heterocycles. The third-order valence-corrected chi connectivity index (χ3v) is 4.65. The maximum absolute atomic E-state index is 12.4. The highest BCUT2D eigenvalue weighted by Crippen LogP contribution is 2.46. The van der Waals surface area contributed by atoms with Gasteiger partial charge in [0.2, 0.25) is 11.8 Å². The molecule has 110 valence electrons. The molecule has 1 saturated heterocycles. The van der Waals surface area contributed by atoms with Gasteiger partial charge in [0.25, 0.3) is 5.91 Å². The molecule has 1 saturated carbocycles. The van der Waals surface area contributed by atoms with Crippen LogP contribution in [0.3, 0.4) is 0 Å². The molecule has 2 fully saturated rings. The molecule has 6 nitrogen and oxygen atoms in total. The second-order valence-electron chi connectivity index (χ2n) is 5.82. The molecule has 0 aromatic carbocycles. The molecule has 1 aliphatic carbocycles. The summed E-state index contributed by atoms with van der Waals surface area (Å²) in [5, 5.41) is 2.71. The minimum absolute atomic E-state index is 0.181. The van der Waals surface area contributed by atoms with Gasteiger partial charge < -0.3 is 11.1 Å². The Morgan fingerprint density at radius 1 is 1.45 bits per heavy atom. The van der Waals surface area contributed by atoms with Crippen molar-refractivity contribution in [1.82, 2.24) is 10.2 Å². The summed E-state index contributed by atoms with van der Waals surface area (Å²) in [7, 11) is 1.43. The van der Waals surface area contributed by atoms with Crippen molar-refractivity contribution >= 4 is 34.9 Å². The summed E-state index contributed by atoms with van der Waals surface area (Å²) in [4.78, 5) is 37.0. The Hall–Kier alpha value is -1.50. The third-order valence-electron chi connectivity index (χ3n) is 4.26. The number of nitrogens with one attached hydrogen (secondary N) is 1. The van der Waals surface area contributed by atoms with Crippen LogP contribution in [0.15, 0.2) is 0 Å². The number of hydrogen-bond acceptors (Lipinski definition) is 4. The number of likely N-dealkylation sites (N-methyl/N-ethyl adjacent to an activating group) is 1. The normalized spacial score (nSPS) is 33.6. The van der Waals surface area contributed by atoms with Crippen LogP contribution in [0.25, 0.3) is 0 Å². The summed E-state index contributed by atoms with van der Waals surface area (Å²) in [6.07, 6.45) is 1.81. The molecule has 1 heterocycles. The molecule has 2 rings (SSSR count). The highest BCUT2D eigenvalue weighted by molar-refractivity contribution is 7.80. The predicted molar refractivity (Wildman–Crippen MR) is 76.6 cm³/mol. The Labute approximate surface area is 123 Å². The first kappa shape index (κ1) is 14.9. The molecule has 0 bridgehead atoms. The summed E-state index contributed by atoms with van der Waals surface area (Å²) in [5.41, 5.74) is 4.88. The molecular weight excluding hydrogens is 278 g/mol. The summed E-state index contributed by atoms with van der Waals surface area (Å²) in [5.74, 6) is -0.486. The van der Waals surface area contributed by atoms with E-state index in [2.05, 4.69) is 5.32 Å². The summed E-state index contributed by atoms with van der Waals surface area (Å²) >= 11 is 5.02. The number of nitrogens with zero attached hydrogens (tertiary/aromatic N) is 1. The van der Waals surface area contributed by atoms with Gasteiger partial charge in [0, 0.05) is 13.5 Å². The van der Waals surface area contributed by atoms with Crippen LogP contribution in [0.4, 0.5) is 0 Å². The summed E-state index contributed by atoms with van der Waals surface area (Å²) in [6.45, 7) is 2.03. The van der Waals surface area contributed by atoms with Crippen LogP contribution in [0.2, 0.25) is 0 Å². The molecular formula is C13H19N3O3S. The summed E-state index contributed by atoms with van der Waals surface area (Å²) < 4.78 is 0. The van der Waals surface area contributed by atoms with Crippen LogP contribution in [-0.2, 0) is 14.4 Å². The van der Waals surface area contributed by atoms with Gasteiger partial charge in [0.1, 0.15) is 6.04 Å². The lowest BCUT2D eigenvalue weighted by atomic mass is 9.62. The van der Waals surface area contributed by atoms with Crippen molar-refractivity contribution < 1.29 is 14.4 Å². The lowest BCUT2D eigenvalue weighted by Crippen LogP contribution is -2.61. The molecule has 7 heteroatoms. The second kappa shape index (κ2) is 5.12. The van der Waals surface area contributed by atoms with E-state index in [-0.39, 0.29) is 29.1 Å². The molecule has 0 aromatic rings. The SMILES string of the molecule is CC1CC(C(=O)NC2CCC(=O)N(C)C2=O)(C(N)=S)C1. The van der Waals surface area contributed by atoms with Gasteiger partial charge in [-0.3, -0.25) is 19.3 Å². The van der Waals surface area contributed by atoms with Gasteiger partial charge in [-0.2, -0.15) is 0 Å². The van der Waals surface area contributed by atoms with E-state index in [4.69, 9.17) is 18.0 Å². The van der Waals surface area contributed by atoms with Crippen molar-refractivity contribution in [2.75, 3.05) is 7.05 Å². The molecule has 0 aromatic heterocycles. The van der Waals surface area contributed by atoms with Crippen LogP contribution in [0.5, 0.6) is 0 Å². The lowest BCUT2D eigenvalue weighted by Gasteiger charge is -2.45. The maximum Gasteiger partial charge on any atom is 0.251 e. The molecule has 3 amide bonds. The van der Waals surface area contributed by atoms with Crippen LogP contribution in [0.1, 0.15) is 32.6 Å². The van der Waals surface area contributed by atoms with Crippen molar-refractivity contribution in [3.63, 3.8) is 0 Å². The monoisotopic (exact) mass is 297 g/mol. The Kier molecular flexibility index (Phi) is 3.82. The highest BCUT2D eigenvalue weighted by atomic mass is 32.1. The molecule has 0 radical (unpaired) electrons. The molecule has 3 N–H and O–H groups in total. The van der Waals surface area contributed by atoms with Gasteiger partial charge in [-0.05, 0) is 25.2 Å². The topological polar surface area (TPSA) is 92.5 Å².